The number of hydrogen-bond acceptors (Lipinski definition) is 3. The van der Waals surface area contributed by atoms with Gasteiger partial charge in [-0.1, -0.05) is 18.2 Å². The number of benzene rings is 1. The maximum Gasteiger partial charge on any atom is 0.416 e. The highest BCUT2D eigenvalue weighted by molar-refractivity contribution is 5.28. The average Bonchev–Trinajstić information content (AvgIpc) is 2.45. The maximum absolute atomic E-state index is 12.7. The lowest BCUT2D eigenvalue weighted by Crippen LogP contribution is -2.45. The van der Waals surface area contributed by atoms with Crippen LogP contribution in [0.1, 0.15) is 17.0 Å². The van der Waals surface area contributed by atoms with E-state index in [-0.39, 0.29) is 5.92 Å². The fourth-order valence-electron chi connectivity index (χ4n) is 2.49. The second kappa shape index (κ2) is 6.56. The Morgan fingerprint density at radius 2 is 1.95 bits per heavy atom. The van der Waals surface area contributed by atoms with Gasteiger partial charge >= 0.3 is 6.18 Å². The minimum absolute atomic E-state index is 0.0598. The van der Waals surface area contributed by atoms with Crippen molar-refractivity contribution in [2.24, 2.45) is 5.73 Å². The Kier molecular flexibility index (Phi) is 5.01. The van der Waals surface area contributed by atoms with E-state index in [2.05, 4.69) is 10.2 Å². The van der Waals surface area contributed by atoms with E-state index in [0.717, 1.165) is 32.2 Å². The number of piperazine rings is 1. The van der Waals surface area contributed by atoms with Crippen LogP contribution >= 0.6 is 0 Å². The summed E-state index contributed by atoms with van der Waals surface area (Å²) in [7, 11) is 0. The summed E-state index contributed by atoms with van der Waals surface area (Å²) >= 11 is 0. The molecule has 2 rings (SSSR count). The van der Waals surface area contributed by atoms with Crippen molar-refractivity contribution >= 4 is 0 Å². The lowest BCUT2D eigenvalue weighted by Gasteiger charge is -2.30. The second-order valence-electron chi connectivity index (χ2n) is 5.11. The number of hydrogen-bond donors (Lipinski definition) is 2. The van der Waals surface area contributed by atoms with Crippen LogP contribution in [0.25, 0.3) is 0 Å². The molecule has 112 valence electrons. The predicted octanol–water partition coefficient (Wildman–Crippen LogP) is 1.65. The molecule has 1 fully saturated rings. The number of halogens is 3. The van der Waals surface area contributed by atoms with Crippen LogP contribution in [0.4, 0.5) is 13.2 Å². The van der Waals surface area contributed by atoms with E-state index in [1.807, 2.05) is 0 Å². The minimum atomic E-state index is -4.30. The fourth-order valence-corrected chi connectivity index (χ4v) is 2.49. The monoisotopic (exact) mass is 287 g/mol. The number of rotatable bonds is 4. The summed E-state index contributed by atoms with van der Waals surface area (Å²) in [4.78, 5) is 2.24. The van der Waals surface area contributed by atoms with Gasteiger partial charge in [-0.25, -0.2) is 0 Å². The Morgan fingerprint density at radius 3 is 2.55 bits per heavy atom. The number of nitrogens with one attached hydrogen (secondary N) is 1. The molecule has 6 heteroatoms. The summed E-state index contributed by atoms with van der Waals surface area (Å²) in [6.07, 6.45) is -4.30. The molecule has 1 unspecified atom stereocenters. The summed E-state index contributed by atoms with van der Waals surface area (Å²) in [5.74, 6) is -0.0598. The van der Waals surface area contributed by atoms with E-state index in [1.54, 1.807) is 6.07 Å². The number of nitrogens with two attached hydrogens (primary N) is 1. The summed E-state index contributed by atoms with van der Waals surface area (Å²) in [6, 6.07) is 5.51. The van der Waals surface area contributed by atoms with Gasteiger partial charge in [0.2, 0.25) is 0 Å². The topological polar surface area (TPSA) is 41.3 Å². The first-order valence-electron chi connectivity index (χ1n) is 6.81. The molecule has 1 heterocycles. The molecule has 1 aromatic carbocycles. The summed E-state index contributed by atoms with van der Waals surface area (Å²) < 4.78 is 38.2. The van der Waals surface area contributed by atoms with Gasteiger partial charge in [0.05, 0.1) is 5.56 Å². The average molecular weight is 287 g/mol. The van der Waals surface area contributed by atoms with Crippen molar-refractivity contribution in [2.45, 2.75) is 12.1 Å². The molecule has 1 saturated heterocycles. The molecule has 3 nitrogen and oxygen atoms in total. The van der Waals surface area contributed by atoms with Crippen molar-refractivity contribution < 1.29 is 13.2 Å². The molecule has 1 aliphatic heterocycles. The lowest BCUT2D eigenvalue weighted by molar-refractivity contribution is -0.137. The highest BCUT2D eigenvalue weighted by Gasteiger charge is 2.31. The van der Waals surface area contributed by atoms with Crippen molar-refractivity contribution in [3.05, 3.63) is 35.4 Å². The Hall–Kier alpha value is -1.11. The van der Waals surface area contributed by atoms with E-state index < -0.39 is 11.7 Å². The first kappa shape index (κ1) is 15.3. The molecule has 0 spiro atoms. The number of alkyl halides is 3. The van der Waals surface area contributed by atoms with Crippen molar-refractivity contribution in [3.8, 4) is 0 Å². The van der Waals surface area contributed by atoms with Crippen molar-refractivity contribution in [1.29, 1.82) is 0 Å². The molecule has 0 bridgehead atoms. The van der Waals surface area contributed by atoms with Crippen LogP contribution in [0, 0.1) is 0 Å². The fraction of sp³-hybridized carbons (Fsp3) is 0.571. The predicted molar refractivity (Wildman–Crippen MR) is 72.5 cm³/mol. The third-order valence-electron chi connectivity index (χ3n) is 3.66. The smallest absolute Gasteiger partial charge is 0.330 e. The third-order valence-corrected chi connectivity index (χ3v) is 3.66. The van der Waals surface area contributed by atoms with Gasteiger partial charge < -0.3 is 16.0 Å². The normalized spacial score (nSPS) is 19.0. The summed E-state index contributed by atoms with van der Waals surface area (Å²) in [6.45, 7) is 4.72. The third kappa shape index (κ3) is 3.94. The molecule has 20 heavy (non-hydrogen) atoms. The van der Waals surface area contributed by atoms with Crippen LogP contribution in [0.5, 0.6) is 0 Å². The van der Waals surface area contributed by atoms with Crippen molar-refractivity contribution in [1.82, 2.24) is 10.2 Å². The largest absolute Gasteiger partial charge is 0.416 e. The van der Waals surface area contributed by atoms with E-state index in [4.69, 9.17) is 5.73 Å². The van der Waals surface area contributed by atoms with Gasteiger partial charge in [-0.3, -0.25) is 0 Å². The SMILES string of the molecule is NCC(CN1CCNCC1)c1cccc(C(F)(F)F)c1. The van der Waals surface area contributed by atoms with E-state index in [0.29, 0.717) is 18.7 Å². The molecule has 0 aliphatic carbocycles. The Labute approximate surface area is 116 Å². The van der Waals surface area contributed by atoms with Gasteiger partial charge in [0.1, 0.15) is 0 Å². The quantitative estimate of drug-likeness (QED) is 0.885. The molecule has 0 aromatic heterocycles. The molecule has 1 atom stereocenters. The molecular weight excluding hydrogens is 267 g/mol. The van der Waals surface area contributed by atoms with E-state index in [9.17, 15) is 13.2 Å². The summed E-state index contributed by atoms with van der Waals surface area (Å²) in [5, 5.41) is 3.25. The van der Waals surface area contributed by atoms with Crippen molar-refractivity contribution in [3.63, 3.8) is 0 Å². The zero-order chi connectivity index (χ0) is 14.6. The van der Waals surface area contributed by atoms with Crippen LogP contribution in [0.2, 0.25) is 0 Å². The molecule has 1 aromatic rings. The van der Waals surface area contributed by atoms with Gasteiger partial charge in [0.25, 0.3) is 0 Å². The Morgan fingerprint density at radius 1 is 1.25 bits per heavy atom. The molecule has 1 aliphatic rings. The molecule has 3 N–H and O–H groups in total. The second-order valence-corrected chi connectivity index (χ2v) is 5.11. The maximum atomic E-state index is 12.7. The van der Waals surface area contributed by atoms with Gasteiger partial charge in [-0.15, -0.1) is 0 Å². The van der Waals surface area contributed by atoms with Gasteiger partial charge in [-0.05, 0) is 11.6 Å². The highest BCUT2D eigenvalue weighted by Crippen LogP contribution is 2.31. The molecule has 0 amide bonds. The van der Waals surface area contributed by atoms with Gasteiger partial charge in [0, 0.05) is 45.2 Å². The van der Waals surface area contributed by atoms with Crippen LogP contribution in [-0.4, -0.2) is 44.2 Å². The minimum Gasteiger partial charge on any atom is -0.330 e. The Bertz CT molecular complexity index is 428. The molecular formula is C14H20F3N3. The first-order chi connectivity index (χ1) is 9.50. The van der Waals surface area contributed by atoms with E-state index in [1.165, 1.54) is 12.1 Å². The standard InChI is InChI=1S/C14H20F3N3/c15-14(16,17)13-3-1-2-11(8-13)12(9-18)10-20-6-4-19-5-7-20/h1-3,8,12,19H,4-7,9-10,18H2. The van der Waals surface area contributed by atoms with Crippen LogP contribution in [0.15, 0.2) is 24.3 Å². The van der Waals surface area contributed by atoms with E-state index >= 15 is 0 Å². The van der Waals surface area contributed by atoms with Crippen molar-refractivity contribution in [2.75, 3.05) is 39.3 Å². The van der Waals surface area contributed by atoms with Crippen LogP contribution < -0.4 is 11.1 Å². The summed E-state index contributed by atoms with van der Waals surface area (Å²) in [5.41, 5.74) is 5.82. The lowest BCUT2D eigenvalue weighted by atomic mass is 9.96. The zero-order valence-electron chi connectivity index (χ0n) is 11.3. The Balaban J connectivity index is 2.10. The van der Waals surface area contributed by atoms with Gasteiger partial charge in [0.15, 0.2) is 0 Å². The van der Waals surface area contributed by atoms with Crippen LogP contribution in [-0.2, 0) is 6.18 Å². The molecule has 0 radical (unpaired) electrons. The highest BCUT2D eigenvalue weighted by atomic mass is 19.4. The van der Waals surface area contributed by atoms with Gasteiger partial charge in [-0.2, -0.15) is 13.2 Å². The number of nitrogens with zero attached hydrogens (tertiary/aromatic N) is 1. The zero-order valence-corrected chi connectivity index (χ0v) is 11.3. The first-order valence-corrected chi connectivity index (χ1v) is 6.81. The van der Waals surface area contributed by atoms with Crippen LogP contribution in [0.3, 0.4) is 0 Å². The molecule has 0 saturated carbocycles.